The first kappa shape index (κ1) is 24.2. The number of hydrogen-bond acceptors (Lipinski definition) is 1. The van der Waals surface area contributed by atoms with Gasteiger partial charge in [0.1, 0.15) is 11.6 Å². The molecule has 1 nitrogen and oxygen atoms in total. The lowest BCUT2D eigenvalue weighted by atomic mass is 9.71. The molecule has 2 aromatic rings. The van der Waals surface area contributed by atoms with Crippen molar-refractivity contribution in [3.8, 4) is 5.75 Å². The van der Waals surface area contributed by atoms with Crippen LogP contribution in [0.2, 0.25) is 0 Å². The molecule has 0 amide bonds. The lowest BCUT2D eigenvalue weighted by molar-refractivity contribution is -0.0498. The quantitative estimate of drug-likeness (QED) is 0.236. The van der Waals surface area contributed by atoms with Crippen LogP contribution in [0, 0.1) is 0 Å². The minimum Gasteiger partial charge on any atom is -0.435 e. The zero-order valence-electron chi connectivity index (χ0n) is 18.8. The maximum absolute atomic E-state index is 15.4. The average molecular weight is 443 g/mol. The van der Waals surface area contributed by atoms with Crippen LogP contribution < -0.4 is 4.74 Å². The number of benzene rings is 2. The molecular weight excluding hydrogens is 409 g/mol. The predicted octanol–water partition coefficient (Wildman–Crippen LogP) is 8.87. The molecule has 0 aliphatic heterocycles. The van der Waals surface area contributed by atoms with Gasteiger partial charge in [0.25, 0.3) is 0 Å². The van der Waals surface area contributed by atoms with Gasteiger partial charge in [-0.25, -0.2) is 4.39 Å². The van der Waals surface area contributed by atoms with Crippen LogP contribution in [0.5, 0.6) is 5.75 Å². The van der Waals surface area contributed by atoms with E-state index in [0.717, 1.165) is 30.4 Å². The zero-order chi connectivity index (χ0) is 22.8. The number of hydrogen-bond donors (Lipinski definition) is 0. The lowest BCUT2D eigenvalue weighted by Crippen LogP contribution is -2.25. The van der Waals surface area contributed by atoms with E-state index in [2.05, 4.69) is 17.7 Å². The fourth-order valence-electron chi connectivity index (χ4n) is 4.48. The topological polar surface area (TPSA) is 9.23 Å². The molecule has 0 N–H and O–H groups in total. The molecule has 1 aliphatic rings. The van der Waals surface area contributed by atoms with Gasteiger partial charge in [-0.1, -0.05) is 106 Å². The number of halogens is 3. The summed E-state index contributed by atoms with van der Waals surface area (Å²) >= 11 is 0. The third kappa shape index (κ3) is 6.51. The van der Waals surface area contributed by atoms with Crippen molar-refractivity contribution in [3.05, 3.63) is 89.8 Å². The van der Waals surface area contributed by atoms with Crippen LogP contribution in [0.25, 0.3) is 0 Å². The van der Waals surface area contributed by atoms with Crippen LogP contribution in [-0.4, -0.2) is 6.61 Å². The second-order valence-corrected chi connectivity index (χ2v) is 8.59. The van der Waals surface area contributed by atoms with E-state index in [9.17, 15) is 8.78 Å². The van der Waals surface area contributed by atoms with Gasteiger partial charge in [0.15, 0.2) is 0 Å². The van der Waals surface area contributed by atoms with E-state index in [-0.39, 0.29) is 17.5 Å². The average Bonchev–Trinajstić information content (AvgIpc) is 2.79. The summed E-state index contributed by atoms with van der Waals surface area (Å²) in [4.78, 5) is 0. The van der Waals surface area contributed by atoms with Gasteiger partial charge in [0.05, 0.1) is 5.92 Å². The van der Waals surface area contributed by atoms with E-state index >= 15 is 4.39 Å². The van der Waals surface area contributed by atoms with Crippen LogP contribution in [0.4, 0.5) is 13.2 Å². The van der Waals surface area contributed by atoms with Crippen molar-refractivity contribution in [1.82, 2.24) is 0 Å². The highest BCUT2D eigenvalue weighted by molar-refractivity contribution is 5.46. The van der Waals surface area contributed by atoms with E-state index in [1.807, 2.05) is 36.4 Å². The van der Waals surface area contributed by atoms with Gasteiger partial charge in [-0.15, -0.1) is 0 Å². The lowest BCUT2D eigenvalue weighted by Gasteiger charge is -2.33. The van der Waals surface area contributed by atoms with Gasteiger partial charge >= 0.3 is 6.61 Å². The maximum atomic E-state index is 15.4. The smallest absolute Gasteiger partial charge is 0.387 e. The molecule has 2 aromatic carbocycles. The molecule has 3 rings (SSSR count). The van der Waals surface area contributed by atoms with E-state index in [0.29, 0.717) is 0 Å². The van der Waals surface area contributed by atoms with Gasteiger partial charge < -0.3 is 4.74 Å². The van der Waals surface area contributed by atoms with E-state index in [4.69, 9.17) is 0 Å². The van der Waals surface area contributed by atoms with Gasteiger partial charge in [-0.3, -0.25) is 0 Å². The van der Waals surface area contributed by atoms with Crippen molar-refractivity contribution in [2.45, 2.75) is 76.2 Å². The van der Waals surface area contributed by atoms with Gasteiger partial charge in [0, 0.05) is 5.41 Å². The molecule has 0 fully saturated rings. The Labute approximate surface area is 190 Å². The molecule has 0 heterocycles. The Morgan fingerprint density at radius 2 is 1.53 bits per heavy atom. The summed E-state index contributed by atoms with van der Waals surface area (Å²) in [5, 5.41) is 0. The van der Waals surface area contributed by atoms with Crippen molar-refractivity contribution in [2.75, 3.05) is 0 Å². The van der Waals surface area contributed by atoms with Crippen LogP contribution in [0.3, 0.4) is 0 Å². The van der Waals surface area contributed by atoms with Crippen molar-refractivity contribution < 1.29 is 17.9 Å². The Morgan fingerprint density at radius 1 is 0.875 bits per heavy atom. The highest BCUT2D eigenvalue weighted by atomic mass is 19.3. The second-order valence-electron chi connectivity index (χ2n) is 8.59. The van der Waals surface area contributed by atoms with Crippen LogP contribution >= 0.6 is 0 Å². The Balaban J connectivity index is 1.77. The summed E-state index contributed by atoms with van der Waals surface area (Å²) < 4.78 is 44.9. The molecule has 2 unspecified atom stereocenters. The van der Waals surface area contributed by atoms with Gasteiger partial charge in [-0.2, -0.15) is 8.78 Å². The molecule has 0 spiro atoms. The first-order valence-electron chi connectivity index (χ1n) is 11.7. The largest absolute Gasteiger partial charge is 0.435 e. The fraction of sp³-hybridized carbons (Fsp3) is 0.429. The molecule has 0 saturated carbocycles. The number of rotatable bonds is 12. The summed E-state index contributed by atoms with van der Waals surface area (Å²) in [6.45, 7) is -0.651. The third-order valence-corrected chi connectivity index (χ3v) is 6.25. The summed E-state index contributed by atoms with van der Waals surface area (Å²) in [5.74, 6) is -0.449. The molecule has 32 heavy (non-hydrogen) atoms. The molecule has 1 aliphatic carbocycles. The van der Waals surface area contributed by atoms with Crippen molar-refractivity contribution in [1.29, 1.82) is 0 Å². The predicted molar refractivity (Wildman–Crippen MR) is 125 cm³/mol. The SMILES string of the molecule is CCCCCCCCCC1(c2ccc(OC(F)F)cc2)C=CC(c2ccccc2)C(F)=C1. The second kappa shape index (κ2) is 11.9. The van der Waals surface area contributed by atoms with Crippen LogP contribution in [0.1, 0.15) is 75.3 Å². The summed E-state index contributed by atoms with van der Waals surface area (Å²) in [5.41, 5.74) is 1.23. The number of ether oxygens (including phenoxy) is 1. The van der Waals surface area contributed by atoms with E-state index in [1.54, 1.807) is 18.2 Å². The van der Waals surface area contributed by atoms with Crippen molar-refractivity contribution in [3.63, 3.8) is 0 Å². The molecule has 0 bridgehead atoms. The standard InChI is InChI=1S/C28H33F3O/c1-2-3-4-5-6-7-11-19-28(23-14-16-24(17-15-23)32-27(30)31)20-18-25(26(29)21-28)22-12-9-8-10-13-22/h8-10,12-18,20-21,25,27H,2-7,11,19H2,1H3. The molecular formula is C28H33F3O. The molecule has 172 valence electrons. The highest BCUT2D eigenvalue weighted by Gasteiger charge is 2.33. The number of unbranched alkanes of at least 4 members (excludes halogenated alkanes) is 6. The molecule has 4 heteroatoms. The minimum absolute atomic E-state index is 0.112. The highest BCUT2D eigenvalue weighted by Crippen LogP contribution is 2.43. The Bertz CT molecular complexity index is 873. The normalized spacial score (nSPS) is 20.4. The Hall–Kier alpha value is -2.49. The molecule has 0 saturated heterocycles. The number of alkyl halides is 2. The van der Waals surface area contributed by atoms with Crippen LogP contribution in [0.15, 0.2) is 78.7 Å². The van der Waals surface area contributed by atoms with Gasteiger partial charge in [0.2, 0.25) is 0 Å². The molecule has 0 aromatic heterocycles. The Kier molecular flexibility index (Phi) is 9.01. The van der Waals surface area contributed by atoms with Crippen molar-refractivity contribution in [2.24, 2.45) is 0 Å². The van der Waals surface area contributed by atoms with E-state index < -0.39 is 12.0 Å². The zero-order valence-corrected chi connectivity index (χ0v) is 18.8. The first-order valence-corrected chi connectivity index (χ1v) is 11.7. The fourth-order valence-corrected chi connectivity index (χ4v) is 4.48. The van der Waals surface area contributed by atoms with E-state index in [1.165, 1.54) is 44.2 Å². The van der Waals surface area contributed by atoms with Gasteiger partial charge in [-0.05, 0) is 35.8 Å². The summed E-state index contributed by atoms with van der Waals surface area (Å²) in [6.07, 6.45) is 14.8. The first-order chi connectivity index (χ1) is 15.5. The number of allylic oxidation sites excluding steroid dienone is 4. The maximum Gasteiger partial charge on any atom is 0.387 e. The van der Waals surface area contributed by atoms with Crippen LogP contribution in [-0.2, 0) is 5.41 Å². The monoisotopic (exact) mass is 442 g/mol. The third-order valence-electron chi connectivity index (χ3n) is 6.25. The van der Waals surface area contributed by atoms with Crippen molar-refractivity contribution >= 4 is 0 Å². The summed E-state index contributed by atoms with van der Waals surface area (Å²) in [6, 6.07) is 16.2. The minimum atomic E-state index is -2.86. The Morgan fingerprint density at radius 3 is 2.16 bits per heavy atom. The molecule has 0 radical (unpaired) electrons. The molecule has 2 atom stereocenters. The summed E-state index contributed by atoms with van der Waals surface area (Å²) in [7, 11) is 0.